The average molecular weight is 407 g/mol. The Kier molecular flexibility index (Phi) is 5.02. The molecule has 2 bridgehead atoms. The Labute approximate surface area is 174 Å². The maximum absolute atomic E-state index is 12.9. The molecule has 2 aromatic heterocycles. The zero-order chi connectivity index (χ0) is 20.5. The molecule has 9 nitrogen and oxygen atoms in total. The first kappa shape index (κ1) is 18.9. The van der Waals surface area contributed by atoms with Gasteiger partial charge >= 0.3 is 0 Å². The monoisotopic (exact) mass is 407 g/mol. The highest BCUT2D eigenvalue weighted by atomic mass is 16.2. The van der Waals surface area contributed by atoms with E-state index in [0.29, 0.717) is 18.9 Å². The third-order valence-electron chi connectivity index (χ3n) is 6.64. The molecule has 0 saturated carbocycles. The van der Waals surface area contributed by atoms with Gasteiger partial charge < -0.3 is 15.1 Å². The van der Waals surface area contributed by atoms with E-state index in [1.807, 2.05) is 0 Å². The highest BCUT2D eigenvalue weighted by Crippen LogP contribution is 2.42. The Morgan fingerprint density at radius 3 is 2.63 bits per heavy atom. The molecule has 5 heterocycles. The molecule has 156 valence electrons. The maximum atomic E-state index is 12.9. The van der Waals surface area contributed by atoms with Gasteiger partial charge in [-0.2, -0.15) is 0 Å². The number of rotatable bonds is 4. The quantitative estimate of drug-likeness (QED) is 0.803. The van der Waals surface area contributed by atoms with Crippen LogP contribution in [-0.4, -0.2) is 68.4 Å². The number of piperidine rings is 3. The van der Waals surface area contributed by atoms with Crippen LogP contribution in [0.4, 0.5) is 5.82 Å². The van der Waals surface area contributed by atoms with E-state index < -0.39 is 0 Å². The van der Waals surface area contributed by atoms with Crippen LogP contribution in [0.15, 0.2) is 37.2 Å². The Balaban J connectivity index is 1.38. The molecule has 0 aliphatic carbocycles. The van der Waals surface area contributed by atoms with Gasteiger partial charge in [0.25, 0.3) is 5.91 Å². The minimum absolute atomic E-state index is 0.0286. The van der Waals surface area contributed by atoms with Crippen LogP contribution in [0.25, 0.3) is 0 Å². The molecular formula is C21H25N7O2. The molecule has 30 heavy (non-hydrogen) atoms. The third kappa shape index (κ3) is 3.48. The van der Waals surface area contributed by atoms with Gasteiger partial charge in [0.05, 0.1) is 18.4 Å². The topological polar surface area (TPSA) is 104 Å². The van der Waals surface area contributed by atoms with Crippen LogP contribution in [0.2, 0.25) is 0 Å². The number of hydrogen-bond acceptors (Lipinski definition) is 7. The van der Waals surface area contributed by atoms with Crippen LogP contribution in [0.5, 0.6) is 0 Å². The number of fused-ring (bicyclic) bond motifs is 4. The first-order valence-electron chi connectivity index (χ1n) is 10.6. The zero-order valence-corrected chi connectivity index (χ0v) is 16.7. The van der Waals surface area contributed by atoms with Crippen LogP contribution < -0.4 is 10.2 Å². The number of carbonyl (C=O) groups is 2. The molecule has 0 aromatic carbocycles. The number of carbonyl (C=O) groups excluding carboxylic acids is 2. The van der Waals surface area contributed by atoms with Crippen molar-refractivity contribution in [1.29, 1.82) is 0 Å². The van der Waals surface area contributed by atoms with Crippen molar-refractivity contribution >= 4 is 17.6 Å². The molecule has 1 N–H and O–H groups in total. The molecule has 0 radical (unpaired) electrons. The third-order valence-corrected chi connectivity index (χ3v) is 6.64. The molecule has 3 saturated heterocycles. The van der Waals surface area contributed by atoms with Crippen molar-refractivity contribution in [3.8, 4) is 0 Å². The molecular weight excluding hydrogens is 382 g/mol. The first-order valence-corrected chi connectivity index (χ1v) is 10.6. The summed E-state index contributed by atoms with van der Waals surface area (Å²) in [5.74, 6) is 1.53. The molecule has 2 amide bonds. The Morgan fingerprint density at radius 1 is 1.07 bits per heavy atom. The standard InChI is InChI=1S/C21H25N7O2/c29-20-3-1-2-17-14-8-15(13-27(12-14)19-11-23-5-7-25-19)18(28(17)20)10-26-21(30)16-9-22-4-6-24-16/h4-7,9,11,14-15,17-18H,1-3,8,10,12-13H2,(H,26,30)/t14-,15+,17+,18+/m1/s1. The lowest BCUT2D eigenvalue weighted by molar-refractivity contribution is -0.148. The van der Waals surface area contributed by atoms with Crippen molar-refractivity contribution in [3.05, 3.63) is 42.9 Å². The van der Waals surface area contributed by atoms with E-state index in [4.69, 9.17) is 0 Å². The van der Waals surface area contributed by atoms with E-state index in [2.05, 4.69) is 35.1 Å². The summed E-state index contributed by atoms with van der Waals surface area (Å²) in [6.45, 7) is 2.11. The number of hydrogen-bond donors (Lipinski definition) is 1. The van der Waals surface area contributed by atoms with Crippen molar-refractivity contribution in [3.63, 3.8) is 0 Å². The van der Waals surface area contributed by atoms with Crippen molar-refractivity contribution in [2.45, 2.75) is 37.8 Å². The van der Waals surface area contributed by atoms with Gasteiger partial charge in [-0.25, -0.2) is 9.97 Å². The predicted octanol–water partition coefficient (Wildman–Crippen LogP) is 0.902. The number of anilines is 1. The van der Waals surface area contributed by atoms with Crippen LogP contribution >= 0.6 is 0 Å². The first-order chi connectivity index (χ1) is 14.7. The summed E-state index contributed by atoms with van der Waals surface area (Å²) < 4.78 is 0. The Hall–Kier alpha value is -3.10. The minimum atomic E-state index is -0.257. The van der Waals surface area contributed by atoms with E-state index >= 15 is 0 Å². The average Bonchev–Trinajstić information content (AvgIpc) is 2.80. The molecule has 0 spiro atoms. The SMILES string of the molecule is O=C(NC[C@H]1[C@H]2C[C@H](CN(c3cnccn3)C2)[C@@H]2CCCC(=O)N21)c1cnccn1. The van der Waals surface area contributed by atoms with E-state index in [-0.39, 0.29) is 35.5 Å². The second-order valence-corrected chi connectivity index (χ2v) is 8.35. The summed E-state index contributed by atoms with van der Waals surface area (Å²) in [7, 11) is 0. The van der Waals surface area contributed by atoms with Gasteiger partial charge in [0, 0.05) is 56.9 Å². The molecule has 3 fully saturated rings. The van der Waals surface area contributed by atoms with Crippen LogP contribution in [0, 0.1) is 11.8 Å². The summed E-state index contributed by atoms with van der Waals surface area (Å²) >= 11 is 0. The molecule has 9 heteroatoms. The number of nitrogens with zero attached hydrogens (tertiary/aromatic N) is 6. The predicted molar refractivity (Wildman–Crippen MR) is 108 cm³/mol. The molecule has 0 unspecified atom stereocenters. The fraction of sp³-hybridized carbons (Fsp3) is 0.524. The van der Waals surface area contributed by atoms with E-state index in [0.717, 1.165) is 38.2 Å². The summed E-state index contributed by atoms with van der Waals surface area (Å²) in [6.07, 6.45) is 13.3. The van der Waals surface area contributed by atoms with Crippen molar-refractivity contribution in [2.24, 2.45) is 11.8 Å². The van der Waals surface area contributed by atoms with Gasteiger partial charge in [0.15, 0.2) is 0 Å². The van der Waals surface area contributed by atoms with Gasteiger partial charge in [-0.05, 0) is 31.1 Å². The molecule has 2 aromatic rings. The highest BCUT2D eigenvalue weighted by Gasteiger charge is 2.49. The lowest BCUT2D eigenvalue weighted by Crippen LogP contribution is -2.67. The van der Waals surface area contributed by atoms with Gasteiger partial charge in [-0.3, -0.25) is 19.6 Å². The second-order valence-electron chi connectivity index (χ2n) is 8.35. The van der Waals surface area contributed by atoms with Crippen LogP contribution in [0.1, 0.15) is 36.2 Å². The van der Waals surface area contributed by atoms with Crippen LogP contribution in [-0.2, 0) is 4.79 Å². The normalized spacial score (nSPS) is 28.1. The smallest absolute Gasteiger partial charge is 0.271 e. The van der Waals surface area contributed by atoms with Crippen molar-refractivity contribution < 1.29 is 9.59 Å². The fourth-order valence-electron chi connectivity index (χ4n) is 5.38. The molecule has 3 aliphatic rings. The molecule has 5 rings (SSSR count). The van der Waals surface area contributed by atoms with E-state index in [9.17, 15) is 9.59 Å². The summed E-state index contributed by atoms with van der Waals surface area (Å²) in [5, 5.41) is 3.00. The highest BCUT2D eigenvalue weighted by molar-refractivity contribution is 5.91. The minimum Gasteiger partial charge on any atom is -0.355 e. The van der Waals surface area contributed by atoms with E-state index in [1.165, 1.54) is 18.6 Å². The molecule has 4 atom stereocenters. The maximum Gasteiger partial charge on any atom is 0.271 e. The molecule has 3 aliphatic heterocycles. The fourth-order valence-corrected chi connectivity index (χ4v) is 5.38. The number of amides is 2. The lowest BCUT2D eigenvalue weighted by atomic mass is 9.72. The van der Waals surface area contributed by atoms with Gasteiger partial charge in [-0.15, -0.1) is 0 Å². The second kappa shape index (κ2) is 7.97. The number of nitrogens with one attached hydrogen (secondary N) is 1. The Bertz CT molecular complexity index is 910. The zero-order valence-electron chi connectivity index (χ0n) is 16.7. The Morgan fingerprint density at radius 2 is 1.87 bits per heavy atom. The lowest BCUT2D eigenvalue weighted by Gasteiger charge is -2.56. The summed E-state index contributed by atoms with van der Waals surface area (Å²) in [6, 6.07) is 0.194. The van der Waals surface area contributed by atoms with Gasteiger partial charge in [0.1, 0.15) is 11.5 Å². The summed E-state index contributed by atoms with van der Waals surface area (Å²) in [5.41, 5.74) is 0.289. The largest absolute Gasteiger partial charge is 0.355 e. The van der Waals surface area contributed by atoms with Gasteiger partial charge in [0.2, 0.25) is 5.91 Å². The van der Waals surface area contributed by atoms with E-state index in [1.54, 1.807) is 18.6 Å². The van der Waals surface area contributed by atoms with Crippen LogP contribution in [0.3, 0.4) is 0 Å². The van der Waals surface area contributed by atoms with Crippen molar-refractivity contribution in [1.82, 2.24) is 30.2 Å². The summed E-state index contributed by atoms with van der Waals surface area (Å²) in [4.78, 5) is 46.6. The number of aromatic nitrogens is 4. The van der Waals surface area contributed by atoms with Gasteiger partial charge in [-0.1, -0.05) is 0 Å². The van der Waals surface area contributed by atoms with Crippen molar-refractivity contribution in [2.75, 3.05) is 24.5 Å².